The molecule has 3 aliphatic rings. The van der Waals surface area contributed by atoms with Gasteiger partial charge in [0.05, 0.1) is 5.69 Å². The van der Waals surface area contributed by atoms with Crippen LogP contribution in [0.2, 0.25) is 0 Å². The first-order valence-electron chi connectivity index (χ1n) is 11.3. The average molecular weight is 427 g/mol. The second-order valence-corrected chi connectivity index (χ2v) is 8.92. The van der Waals surface area contributed by atoms with Crippen LogP contribution >= 0.6 is 12.2 Å². The number of aromatic nitrogens is 2. The number of piperidine rings is 3. The van der Waals surface area contributed by atoms with Crippen molar-refractivity contribution in [3.8, 4) is 5.69 Å². The predicted molar refractivity (Wildman–Crippen MR) is 127 cm³/mol. The Kier molecular flexibility index (Phi) is 7.02. The second-order valence-electron chi connectivity index (χ2n) is 8.51. The van der Waals surface area contributed by atoms with E-state index in [1.165, 1.54) is 32.5 Å². The molecule has 1 aromatic carbocycles. The Bertz CT molecular complexity index is 802. The first kappa shape index (κ1) is 21.3. The summed E-state index contributed by atoms with van der Waals surface area (Å²) in [5.41, 5.74) is 2.03. The molecule has 3 saturated heterocycles. The first-order valence-corrected chi connectivity index (χ1v) is 11.7. The molecule has 162 valence electrons. The maximum atomic E-state index is 5.55. The highest BCUT2D eigenvalue weighted by molar-refractivity contribution is 7.80. The summed E-state index contributed by atoms with van der Waals surface area (Å²) in [6, 6.07) is 10.7. The van der Waals surface area contributed by atoms with E-state index in [9.17, 15) is 0 Å². The van der Waals surface area contributed by atoms with Gasteiger partial charge in [-0.2, -0.15) is 5.10 Å². The van der Waals surface area contributed by atoms with Gasteiger partial charge >= 0.3 is 0 Å². The number of benzene rings is 1. The highest BCUT2D eigenvalue weighted by Crippen LogP contribution is 2.36. The molecule has 1 aromatic heterocycles. The van der Waals surface area contributed by atoms with Crippen LogP contribution in [0.15, 0.2) is 42.7 Å². The number of fused-ring (bicyclic) bond motifs is 3. The summed E-state index contributed by atoms with van der Waals surface area (Å²) < 4.78 is 1.85. The van der Waals surface area contributed by atoms with E-state index < -0.39 is 0 Å². The largest absolute Gasteiger partial charge is 0.361 e. The zero-order valence-electron chi connectivity index (χ0n) is 18.1. The van der Waals surface area contributed by atoms with Gasteiger partial charge in [-0.25, -0.2) is 4.68 Å². The molecule has 2 N–H and O–H groups in total. The van der Waals surface area contributed by atoms with E-state index in [0.717, 1.165) is 42.8 Å². The number of thiocarbonyl (C=S) groups is 1. The Morgan fingerprint density at radius 2 is 2.03 bits per heavy atom. The summed E-state index contributed by atoms with van der Waals surface area (Å²) in [4.78, 5) is 5.26. The van der Waals surface area contributed by atoms with E-state index in [1.807, 2.05) is 41.2 Å². The molecular weight excluding hydrogens is 392 g/mol. The molecule has 0 amide bonds. The van der Waals surface area contributed by atoms with Crippen LogP contribution in [0.25, 0.3) is 5.69 Å². The minimum atomic E-state index is 0.596. The molecule has 4 heterocycles. The monoisotopic (exact) mass is 426 g/mol. The highest BCUT2D eigenvalue weighted by atomic mass is 32.1. The fraction of sp³-hybridized carbons (Fsp3) is 0.565. The lowest BCUT2D eigenvalue weighted by atomic mass is 9.75. The topological polar surface area (TPSA) is 48.4 Å². The maximum Gasteiger partial charge on any atom is 0.170 e. The average Bonchev–Trinajstić information content (AvgIpc) is 3.32. The van der Waals surface area contributed by atoms with Gasteiger partial charge < -0.3 is 15.5 Å². The summed E-state index contributed by atoms with van der Waals surface area (Å²) in [5, 5.41) is 11.7. The van der Waals surface area contributed by atoms with Crippen LogP contribution in [0.3, 0.4) is 0 Å². The van der Waals surface area contributed by atoms with Crippen LogP contribution in [0.4, 0.5) is 5.69 Å². The third kappa shape index (κ3) is 5.02. The standard InChI is InChI=1S/C23H34N6S/c1-3-27(4-2)16-19-17-28-13-10-18(19)14-22(28)15-24-23(30)26-20-6-8-21(9-7-20)29-12-5-11-25-29/h5-9,11-12,18-19,22H,3-4,10,13-17H2,1-2H3,(H2,24,26,30)/t18-,19-,22+/m0/s1. The van der Waals surface area contributed by atoms with Crippen LogP contribution in [0.5, 0.6) is 0 Å². The van der Waals surface area contributed by atoms with Gasteiger partial charge in [0.2, 0.25) is 0 Å². The predicted octanol–water partition coefficient (Wildman–Crippen LogP) is 3.21. The summed E-state index contributed by atoms with van der Waals surface area (Å²) in [6.07, 6.45) is 6.37. The van der Waals surface area contributed by atoms with Crippen molar-refractivity contribution in [3.05, 3.63) is 42.7 Å². The van der Waals surface area contributed by atoms with Gasteiger partial charge in [0.15, 0.2) is 5.11 Å². The van der Waals surface area contributed by atoms with Gasteiger partial charge in [0.25, 0.3) is 0 Å². The molecule has 0 spiro atoms. The number of hydrogen-bond donors (Lipinski definition) is 2. The SMILES string of the molecule is CCN(CC)C[C@H]1CN2CC[C@H]1C[C@@H]2CNC(=S)Nc1ccc(-n2cccn2)cc1. The Morgan fingerprint density at radius 1 is 1.23 bits per heavy atom. The highest BCUT2D eigenvalue weighted by Gasteiger charge is 2.40. The smallest absolute Gasteiger partial charge is 0.170 e. The van der Waals surface area contributed by atoms with Crippen molar-refractivity contribution < 1.29 is 0 Å². The zero-order chi connectivity index (χ0) is 20.9. The summed E-state index contributed by atoms with van der Waals surface area (Å²) in [7, 11) is 0. The third-order valence-corrected chi connectivity index (χ3v) is 7.04. The fourth-order valence-electron chi connectivity index (χ4n) is 4.99. The molecule has 3 aliphatic heterocycles. The Balaban J connectivity index is 1.24. The molecule has 7 heteroatoms. The van der Waals surface area contributed by atoms with Crippen molar-refractivity contribution in [1.29, 1.82) is 0 Å². The van der Waals surface area contributed by atoms with Crippen molar-refractivity contribution in [1.82, 2.24) is 24.9 Å². The lowest BCUT2D eigenvalue weighted by molar-refractivity contribution is -0.00933. The quantitative estimate of drug-likeness (QED) is 0.632. The van der Waals surface area contributed by atoms with Crippen LogP contribution in [-0.2, 0) is 0 Å². The van der Waals surface area contributed by atoms with Crippen LogP contribution in [-0.4, -0.2) is 70.0 Å². The fourth-order valence-corrected chi connectivity index (χ4v) is 5.19. The Hall–Kier alpha value is -1.96. The molecule has 0 saturated carbocycles. The molecular formula is C23H34N6S. The number of hydrogen-bond acceptors (Lipinski definition) is 4. The molecule has 0 aliphatic carbocycles. The van der Waals surface area contributed by atoms with Gasteiger partial charge in [-0.3, -0.25) is 4.90 Å². The van der Waals surface area contributed by atoms with Crippen molar-refractivity contribution in [2.45, 2.75) is 32.7 Å². The van der Waals surface area contributed by atoms with Crippen LogP contribution in [0.1, 0.15) is 26.7 Å². The molecule has 4 atom stereocenters. The van der Waals surface area contributed by atoms with Crippen LogP contribution < -0.4 is 10.6 Å². The van der Waals surface area contributed by atoms with E-state index in [2.05, 4.69) is 39.4 Å². The number of rotatable bonds is 8. The van der Waals surface area contributed by atoms with Gasteiger partial charge in [-0.15, -0.1) is 0 Å². The molecule has 6 nitrogen and oxygen atoms in total. The van der Waals surface area contributed by atoms with Crippen molar-refractivity contribution in [2.75, 3.05) is 44.6 Å². The zero-order valence-corrected chi connectivity index (χ0v) is 18.9. The normalized spacial score (nSPS) is 25.4. The number of nitrogens with one attached hydrogen (secondary N) is 2. The summed E-state index contributed by atoms with van der Waals surface area (Å²) in [5.74, 6) is 1.69. The van der Waals surface area contributed by atoms with E-state index >= 15 is 0 Å². The second kappa shape index (κ2) is 9.90. The number of nitrogens with zero attached hydrogens (tertiary/aromatic N) is 4. The van der Waals surface area contributed by atoms with Crippen LogP contribution in [0, 0.1) is 11.8 Å². The molecule has 30 heavy (non-hydrogen) atoms. The lowest BCUT2D eigenvalue weighted by Crippen LogP contribution is -2.58. The summed E-state index contributed by atoms with van der Waals surface area (Å²) in [6.45, 7) is 11.5. The summed E-state index contributed by atoms with van der Waals surface area (Å²) >= 11 is 5.55. The lowest BCUT2D eigenvalue weighted by Gasteiger charge is -2.51. The first-order chi connectivity index (χ1) is 14.7. The molecule has 0 radical (unpaired) electrons. The van der Waals surface area contributed by atoms with Gasteiger partial charge in [-0.05, 0) is 86.9 Å². The van der Waals surface area contributed by atoms with Gasteiger partial charge in [-0.1, -0.05) is 13.8 Å². The third-order valence-electron chi connectivity index (χ3n) is 6.79. The van der Waals surface area contributed by atoms with Gasteiger partial charge in [0, 0.05) is 43.8 Å². The molecule has 2 aromatic rings. The molecule has 2 bridgehead atoms. The van der Waals surface area contributed by atoms with E-state index in [4.69, 9.17) is 12.2 Å². The van der Waals surface area contributed by atoms with Crippen molar-refractivity contribution >= 4 is 23.0 Å². The Morgan fingerprint density at radius 3 is 2.67 bits per heavy atom. The van der Waals surface area contributed by atoms with E-state index in [0.29, 0.717) is 11.2 Å². The molecule has 3 fully saturated rings. The Labute approximate surface area is 185 Å². The molecule has 1 unspecified atom stereocenters. The minimum Gasteiger partial charge on any atom is -0.361 e. The maximum absolute atomic E-state index is 5.55. The van der Waals surface area contributed by atoms with E-state index in [-0.39, 0.29) is 0 Å². The minimum absolute atomic E-state index is 0.596. The number of anilines is 1. The van der Waals surface area contributed by atoms with Gasteiger partial charge in [0.1, 0.15) is 0 Å². The van der Waals surface area contributed by atoms with Crippen molar-refractivity contribution in [2.24, 2.45) is 11.8 Å². The van der Waals surface area contributed by atoms with Crippen molar-refractivity contribution in [3.63, 3.8) is 0 Å². The molecule has 5 rings (SSSR count). The van der Waals surface area contributed by atoms with E-state index in [1.54, 1.807) is 6.20 Å².